The Bertz CT molecular complexity index is 445. The van der Waals surface area contributed by atoms with Crippen molar-refractivity contribution in [3.05, 3.63) is 18.2 Å². The third kappa shape index (κ3) is 2.75. The van der Waals surface area contributed by atoms with Gasteiger partial charge in [0.05, 0.1) is 11.4 Å². The molecule has 1 fully saturated rings. The van der Waals surface area contributed by atoms with Crippen LogP contribution in [0, 0.1) is 0 Å². The second kappa shape index (κ2) is 5.29. The van der Waals surface area contributed by atoms with Crippen molar-refractivity contribution in [2.45, 2.75) is 39.2 Å². The van der Waals surface area contributed by atoms with E-state index in [4.69, 9.17) is 5.73 Å². The summed E-state index contributed by atoms with van der Waals surface area (Å²) in [5.74, 6) is -0.0634. The Balaban J connectivity index is 2.32. The first-order valence-corrected chi connectivity index (χ1v) is 6.51. The van der Waals surface area contributed by atoms with Crippen LogP contribution in [-0.2, 0) is 4.79 Å². The van der Waals surface area contributed by atoms with Crippen molar-refractivity contribution in [3.63, 3.8) is 0 Å². The molecule has 4 nitrogen and oxygen atoms in total. The van der Waals surface area contributed by atoms with Crippen molar-refractivity contribution in [1.29, 1.82) is 0 Å². The summed E-state index contributed by atoms with van der Waals surface area (Å²) in [6, 6.07) is 6.23. The highest BCUT2D eigenvalue weighted by molar-refractivity contribution is 5.93. The average Bonchev–Trinajstić information content (AvgIpc) is 2.30. The van der Waals surface area contributed by atoms with Crippen molar-refractivity contribution >= 4 is 23.0 Å². The summed E-state index contributed by atoms with van der Waals surface area (Å²) in [5.41, 5.74) is 8.36. The van der Waals surface area contributed by atoms with Crippen LogP contribution in [0.2, 0.25) is 0 Å². The van der Waals surface area contributed by atoms with Crippen LogP contribution in [-0.4, -0.2) is 18.5 Å². The Kier molecular flexibility index (Phi) is 3.75. The molecule has 4 heteroatoms. The quantitative estimate of drug-likeness (QED) is 0.790. The number of carbonyl (C=O) groups excluding carboxylic acids is 1. The molecule has 1 heterocycles. The molecule has 3 N–H and O–H groups in total. The minimum Gasteiger partial charge on any atom is -0.399 e. The molecule has 0 radical (unpaired) electrons. The number of carbonyl (C=O) groups is 1. The predicted octanol–water partition coefficient (Wildman–Crippen LogP) is 2.61. The highest BCUT2D eigenvalue weighted by atomic mass is 16.1. The Morgan fingerprint density at radius 1 is 1.44 bits per heavy atom. The van der Waals surface area contributed by atoms with Gasteiger partial charge in [-0.05, 0) is 44.4 Å². The lowest BCUT2D eigenvalue weighted by Gasteiger charge is -2.36. The smallest absolute Gasteiger partial charge is 0.221 e. The van der Waals surface area contributed by atoms with Crippen LogP contribution in [0.4, 0.5) is 17.1 Å². The summed E-state index contributed by atoms with van der Waals surface area (Å²) >= 11 is 0. The molecular formula is C14H21N3O. The molecule has 1 aromatic carbocycles. The van der Waals surface area contributed by atoms with E-state index in [9.17, 15) is 4.79 Å². The van der Waals surface area contributed by atoms with E-state index < -0.39 is 0 Å². The largest absolute Gasteiger partial charge is 0.399 e. The molecule has 0 saturated carbocycles. The normalized spacial score (nSPS) is 19.7. The molecule has 0 aliphatic carbocycles. The number of nitrogen functional groups attached to an aromatic ring is 1. The monoisotopic (exact) mass is 247 g/mol. The molecule has 1 aliphatic rings. The number of hydrogen-bond acceptors (Lipinski definition) is 3. The molecule has 18 heavy (non-hydrogen) atoms. The fourth-order valence-corrected chi connectivity index (χ4v) is 2.55. The van der Waals surface area contributed by atoms with Gasteiger partial charge in [0.25, 0.3) is 0 Å². The Morgan fingerprint density at radius 2 is 2.22 bits per heavy atom. The van der Waals surface area contributed by atoms with Gasteiger partial charge in [-0.25, -0.2) is 0 Å². The van der Waals surface area contributed by atoms with Gasteiger partial charge in [-0.2, -0.15) is 0 Å². The van der Waals surface area contributed by atoms with Crippen LogP contribution < -0.4 is 16.0 Å². The predicted molar refractivity (Wildman–Crippen MR) is 75.8 cm³/mol. The Labute approximate surface area is 108 Å². The van der Waals surface area contributed by atoms with Gasteiger partial charge in [-0.15, -0.1) is 0 Å². The summed E-state index contributed by atoms with van der Waals surface area (Å²) in [5, 5.41) is 2.87. The summed E-state index contributed by atoms with van der Waals surface area (Å²) in [6.07, 6.45) is 3.68. The minimum absolute atomic E-state index is 0.0634. The molecule has 0 bridgehead atoms. The number of rotatable bonds is 2. The maximum absolute atomic E-state index is 11.3. The number of nitrogens with one attached hydrogen (secondary N) is 1. The van der Waals surface area contributed by atoms with E-state index in [1.54, 1.807) is 0 Å². The van der Waals surface area contributed by atoms with Crippen LogP contribution in [0.5, 0.6) is 0 Å². The van der Waals surface area contributed by atoms with E-state index in [1.165, 1.54) is 26.2 Å². The third-order valence-electron chi connectivity index (χ3n) is 3.44. The maximum atomic E-state index is 11.3. The lowest BCUT2D eigenvalue weighted by molar-refractivity contribution is -0.114. The maximum Gasteiger partial charge on any atom is 0.221 e. The Hall–Kier alpha value is -1.71. The first kappa shape index (κ1) is 12.7. The first-order chi connectivity index (χ1) is 8.58. The second-order valence-electron chi connectivity index (χ2n) is 5.00. The van der Waals surface area contributed by atoms with Crippen LogP contribution in [0.25, 0.3) is 0 Å². The number of hydrogen-bond donors (Lipinski definition) is 2. The average molecular weight is 247 g/mol. The topological polar surface area (TPSA) is 58.4 Å². The van der Waals surface area contributed by atoms with E-state index in [0.29, 0.717) is 11.7 Å². The minimum atomic E-state index is -0.0634. The van der Waals surface area contributed by atoms with Crippen molar-refractivity contribution in [2.24, 2.45) is 0 Å². The number of anilines is 3. The van der Waals surface area contributed by atoms with Gasteiger partial charge >= 0.3 is 0 Å². The number of amides is 1. The highest BCUT2D eigenvalue weighted by Crippen LogP contribution is 2.32. The van der Waals surface area contributed by atoms with E-state index >= 15 is 0 Å². The van der Waals surface area contributed by atoms with Gasteiger partial charge in [-0.1, -0.05) is 0 Å². The lowest BCUT2D eigenvalue weighted by atomic mass is 10.0. The van der Waals surface area contributed by atoms with Crippen molar-refractivity contribution in [1.82, 2.24) is 0 Å². The van der Waals surface area contributed by atoms with Crippen LogP contribution in [0.1, 0.15) is 33.1 Å². The van der Waals surface area contributed by atoms with Crippen molar-refractivity contribution < 1.29 is 4.79 Å². The molecule has 1 saturated heterocycles. The van der Waals surface area contributed by atoms with Gasteiger partial charge < -0.3 is 16.0 Å². The Morgan fingerprint density at radius 3 is 2.89 bits per heavy atom. The second-order valence-corrected chi connectivity index (χ2v) is 5.00. The molecule has 0 aromatic heterocycles. The zero-order valence-corrected chi connectivity index (χ0v) is 11.1. The number of nitrogens with zero attached hydrogens (tertiary/aromatic N) is 1. The molecule has 1 atom stereocenters. The van der Waals surface area contributed by atoms with E-state index in [-0.39, 0.29) is 5.91 Å². The van der Waals surface area contributed by atoms with Crippen LogP contribution >= 0.6 is 0 Å². The molecule has 1 amide bonds. The third-order valence-corrected chi connectivity index (χ3v) is 3.44. The molecule has 1 unspecified atom stereocenters. The fraction of sp³-hybridized carbons (Fsp3) is 0.500. The summed E-state index contributed by atoms with van der Waals surface area (Å²) in [4.78, 5) is 13.6. The fourth-order valence-electron chi connectivity index (χ4n) is 2.55. The van der Waals surface area contributed by atoms with Gasteiger partial charge in [-0.3, -0.25) is 4.79 Å². The van der Waals surface area contributed by atoms with Crippen molar-refractivity contribution in [3.8, 4) is 0 Å². The van der Waals surface area contributed by atoms with Gasteiger partial charge in [0.2, 0.25) is 5.91 Å². The first-order valence-electron chi connectivity index (χ1n) is 6.51. The standard InChI is InChI=1S/C14H21N3O/c1-10-5-3-4-8-17(10)14-7-6-12(15)9-13(14)16-11(2)18/h6-7,9-10H,3-5,8,15H2,1-2H3,(H,16,18). The number of nitrogens with two attached hydrogens (primary N) is 1. The molecule has 0 spiro atoms. The molecule has 2 rings (SSSR count). The van der Waals surface area contributed by atoms with Gasteiger partial charge in [0, 0.05) is 25.2 Å². The van der Waals surface area contributed by atoms with E-state index in [2.05, 4.69) is 17.1 Å². The van der Waals surface area contributed by atoms with Crippen molar-refractivity contribution in [2.75, 3.05) is 22.5 Å². The number of piperidine rings is 1. The zero-order valence-electron chi connectivity index (χ0n) is 11.1. The molecule has 1 aromatic rings. The van der Waals surface area contributed by atoms with Gasteiger partial charge in [0.15, 0.2) is 0 Å². The van der Waals surface area contributed by atoms with E-state index in [0.717, 1.165) is 17.9 Å². The van der Waals surface area contributed by atoms with Crippen LogP contribution in [0.15, 0.2) is 18.2 Å². The highest BCUT2D eigenvalue weighted by Gasteiger charge is 2.21. The molecular weight excluding hydrogens is 226 g/mol. The zero-order chi connectivity index (χ0) is 13.1. The van der Waals surface area contributed by atoms with E-state index in [1.807, 2.05) is 18.2 Å². The number of benzene rings is 1. The van der Waals surface area contributed by atoms with Crippen LogP contribution in [0.3, 0.4) is 0 Å². The summed E-state index contributed by atoms with van der Waals surface area (Å²) in [7, 11) is 0. The summed E-state index contributed by atoms with van der Waals surface area (Å²) < 4.78 is 0. The lowest BCUT2D eigenvalue weighted by Crippen LogP contribution is -2.38. The summed E-state index contributed by atoms with van der Waals surface area (Å²) in [6.45, 7) is 4.79. The molecule has 1 aliphatic heterocycles. The van der Waals surface area contributed by atoms with Gasteiger partial charge in [0.1, 0.15) is 0 Å². The SMILES string of the molecule is CC(=O)Nc1cc(N)ccc1N1CCCCC1C. The molecule has 98 valence electrons.